The zero-order valence-corrected chi connectivity index (χ0v) is 13.1. The van der Waals surface area contributed by atoms with Gasteiger partial charge in [0.2, 0.25) is 10.0 Å². The van der Waals surface area contributed by atoms with Gasteiger partial charge in [0.1, 0.15) is 9.77 Å². The molecule has 0 atom stereocenters. The second kappa shape index (κ2) is 5.92. The minimum Gasteiger partial charge on any atom is -0.477 e. The Kier molecular flexibility index (Phi) is 4.40. The lowest BCUT2D eigenvalue weighted by Gasteiger charge is -2.09. The lowest BCUT2D eigenvalue weighted by Crippen LogP contribution is -2.25. The molecule has 0 aromatic carbocycles. The Balaban J connectivity index is 2.30. The van der Waals surface area contributed by atoms with Gasteiger partial charge in [-0.05, 0) is 42.0 Å². The van der Waals surface area contributed by atoms with Crippen LogP contribution in [0.3, 0.4) is 0 Å². The lowest BCUT2D eigenvalue weighted by molar-refractivity contribution is 0.0698. The van der Waals surface area contributed by atoms with Gasteiger partial charge in [0.25, 0.3) is 0 Å². The normalized spacial score (nSPS) is 11.5. The third-order valence-electron chi connectivity index (χ3n) is 2.97. The maximum atomic E-state index is 12.3. The predicted molar refractivity (Wildman–Crippen MR) is 79.0 cm³/mol. The second-order valence-electron chi connectivity index (χ2n) is 4.51. The van der Waals surface area contributed by atoms with Crippen molar-refractivity contribution in [1.82, 2.24) is 9.71 Å². The Bertz CT molecular complexity index is 781. The SMILES string of the molecule is Cc1cnccc1CNS(=O)(=O)c1c(C)csc1C(=O)O. The highest BCUT2D eigenvalue weighted by Crippen LogP contribution is 2.26. The highest BCUT2D eigenvalue weighted by atomic mass is 32.2. The lowest BCUT2D eigenvalue weighted by atomic mass is 10.2. The number of pyridine rings is 1. The van der Waals surface area contributed by atoms with E-state index < -0.39 is 16.0 Å². The zero-order chi connectivity index (χ0) is 15.6. The molecule has 2 heterocycles. The molecule has 0 aliphatic heterocycles. The Morgan fingerprint density at radius 3 is 2.71 bits per heavy atom. The van der Waals surface area contributed by atoms with Crippen molar-refractivity contribution >= 4 is 27.3 Å². The molecule has 21 heavy (non-hydrogen) atoms. The summed E-state index contributed by atoms with van der Waals surface area (Å²) in [4.78, 5) is 14.7. The number of carboxylic acids is 1. The summed E-state index contributed by atoms with van der Waals surface area (Å²) < 4.78 is 27.1. The fourth-order valence-corrected chi connectivity index (χ4v) is 4.49. The molecule has 2 aromatic heterocycles. The number of aryl methyl sites for hydroxylation is 2. The van der Waals surface area contributed by atoms with Gasteiger partial charge in [0.05, 0.1) is 0 Å². The average molecular weight is 326 g/mol. The van der Waals surface area contributed by atoms with Gasteiger partial charge in [-0.1, -0.05) is 0 Å². The molecule has 0 aliphatic rings. The van der Waals surface area contributed by atoms with Crippen molar-refractivity contribution in [1.29, 1.82) is 0 Å². The molecule has 0 spiro atoms. The number of aromatic carboxylic acids is 1. The van der Waals surface area contributed by atoms with Crippen LogP contribution in [-0.2, 0) is 16.6 Å². The molecule has 0 radical (unpaired) electrons. The third kappa shape index (κ3) is 3.29. The molecule has 112 valence electrons. The van der Waals surface area contributed by atoms with E-state index in [1.807, 2.05) is 6.92 Å². The minimum atomic E-state index is -3.88. The molecule has 2 N–H and O–H groups in total. The van der Waals surface area contributed by atoms with Crippen LogP contribution < -0.4 is 4.72 Å². The average Bonchev–Trinajstić information content (AvgIpc) is 2.81. The van der Waals surface area contributed by atoms with Crippen LogP contribution in [0.5, 0.6) is 0 Å². The van der Waals surface area contributed by atoms with Crippen LogP contribution in [-0.4, -0.2) is 24.5 Å². The molecule has 0 aliphatic carbocycles. The third-order valence-corrected chi connectivity index (χ3v) is 5.77. The molecule has 2 aromatic rings. The Hall–Kier alpha value is -1.77. The van der Waals surface area contributed by atoms with Crippen molar-refractivity contribution in [3.63, 3.8) is 0 Å². The summed E-state index contributed by atoms with van der Waals surface area (Å²) >= 11 is 0.907. The molecule has 0 saturated carbocycles. The van der Waals surface area contributed by atoms with E-state index in [1.54, 1.807) is 25.4 Å². The Labute approximate surface area is 126 Å². The first-order chi connectivity index (χ1) is 9.83. The quantitative estimate of drug-likeness (QED) is 0.875. The molecular weight excluding hydrogens is 312 g/mol. The topological polar surface area (TPSA) is 96.4 Å². The molecule has 0 amide bonds. The van der Waals surface area contributed by atoms with E-state index in [0.717, 1.165) is 22.5 Å². The van der Waals surface area contributed by atoms with E-state index in [1.165, 1.54) is 5.38 Å². The van der Waals surface area contributed by atoms with Crippen LogP contribution in [0.4, 0.5) is 0 Å². The van der Waals surface area contributed by atoms with Gasteiger partial charge < -0.3 is 5.11 Å². The summed E-state index contributed by atoms with van der Waals surface area (Å²) in [7, 11) is -3.88. The van der Waals surface area contributed by atoms with E-state index in [-0.39, 0.29) is 16.3 Å². The van der Waals surface area contributed by atoms with Gasteiger partial charge in [0.15, 0.2) is 0 Å². The van der Waals surface area contributed by atoms with Crippen LogP contribution in [0.15, 0.2) is 28.7 Å². The van der Waals surface area contributed by atoms with Crippen LogP contribution in [0.1, 0.15) is 26.4 Å². The molecule has 0 saturated heterocycles. The van der Waals surface area contributed by atoms with Crippen LogP contribution in [0.25, 0.3) is 0 Å². The number of rotatable bonds is 5. The molecule has 6 nitrogen and oxygen atoms in total. The summed E-state index contributed by atoms with van der Waals surface area (Å²) in [6.07, 6.45) is 3.22. The van der Waals surface area contributed by atoms with Gasteiger partial charge in [-0.25, -0.2) is 17.9 Å². The molecule has 0 unspecified atom stereocenters. The summed E-state index contributed by atoms with van der Waals surface area (Å²) in [5.74, 6) is -1.24. The summed E-state index contributed by atoms with van der Waals surface area (Å²) in [5, 5.41) is 10.6. The smallest absolute Gasteiger partial charge is 0.347 e. The number of nitrogens with zero attached hydrogens (tertiary/aromatic N) is 1. The molecule has 2 rings (SSSR count). The van der Waals surface area contributed by atoms with Gasteiger partial charge in [-0.2, -0.15) is 0 Å². The van der Waals surface area contributed by atoms with Crippen molar-refractivity contribution in [2.45, 2.75) is 25.3 Å². The highest BCUT2D eigenvalue weighted by molar-refractivity contribution is 7.89. The van der Waals surface area contributed by atoms with Crippen LogP contribution in [0, 0.1) is 13.8 Å². The summed E-state index contributed by atoms with van der Waals surface area (Å²) in [6, 6.07) is 1.72. The molecule has 0 bridgehead atoms. The van der Waals surface area contributed by atoms with Crippen LogP contribution >= 0.6 is 11.3 Å². The van der Waals surface area contributed by atoms with Crippen molar-refractivity contribution < 1.29 is 18.3 Å². The maximum Gasteiger partial charge on any atom is 0.347 e. The second-order valence-corrected chi connectivity index (χ2v) is 7.09. The number of sulfonamides is 1. The van der Waals surface area contributed by atoms with Gasteiger partial charge >= 0.3 is 5.97 Å². The minimum absolute atomic E-state index is 0.0883. The fraction of sp³-hybridized carbons (Fsp3) is 0.231. The first-order valence-electron chi connectivity index (χ1n) is 6.03. The number of aromatic nitrogens is 1. The number of hydrogen-bond donors (Lipinski definition) is 2. The summed E-state index contributed by atoms with van der Waals surface area (Å²) in [6.45, 7) is 3.50. The van der Waals surface area contributed by atoms with Crippen molar-refractivity contribution in [3.8, 4) is 0 Å². The highest BCUT2D eigenvalue weighted by Gasteiger charge is 2.26. The predicted octanol–water partition coefficient (Wildman–Crippen LogP) is 1.94. The number of hydrogen-bond acceptors (Lipinski definition) is 5. The Morgan fingerprint density at radius 1 is 1.38 bits per heavy atom. The molecule has 0 fully saturated rings. The van der Waals surface area contributed by atoms with E-state index in [2.05, 4.69) is 9.71 Å². The Morgan fingerprint density at radius 2 is 2.10 bits per heavy atom. The first kappa shape index (κ1) is 15.6. The van der Waals surface area contributed by atoms with E-state index in [0.29, 0.717) is 5.56 Å². The summed E-state index contributed by atoms with van der Waals surface area (Å²) in [5.41, 5.74) is 2.08. The van der Waals surface area contributed by atoms with Crippen molar-refractivity contribution in [2.24, 2.45) is 0 Å². The standard InChI is InChI=1S/C13H14N2O4S2/c1-8-5-14-4-3-10(8)6-15-21(18,19)12-9(2)7-20-11(12)13(16)17/h3-5,7,15H,6H2,1-2H3,(H,16,17). The number of thiophene rings is 1. The first-order valence-corrected chi connectivity index (χ1v) is 8.39. The number of carboxylic acid groups (broad SMARTS) is 1. The number of nitrogens with one attached hydrogen (secondary N) is 1. The van der Waals surface area contributed by atoms with Gasteiger partial charge in [-0.3, -0.25) is 4.98 Å². The zero-order valence-electron chi connectivity index (χ0n) is 11.5. The largest absolute Gasteiger partial charge is 0.477 e. The monoisotopic (exact) mass is 326 g/mol. The van der Waals surface area contributed by atoms with Gasteiger partial charge in [-0.15, -0.1) is 11.3 Å². The number of carbonyl (C=O) groups is 1. The van der Waals surface area contributed by atoms with Crippen molar-refractivity contribution in [3.05, 3.63) is 45.4 Å². The van der Waals surface area contributed by atoms with Crippen LogP contribution in [0.2, 0.25) is 0 Å². The van der Waals surface area contributed by atoms with E-state index in [4.69, 9.17) is 5.11 Å². The van der Waals surface area contributed by atoms with Crippen molar-refractivity contribution in [2.75, 3.05) is 0 Å². The van der Waals surface area contributed by atoms with Gasteiger partial charge in [0, 0.05) is 18.9 Å². The maximum absolute atomic E-state index is 12.3. The molecular formula is C13H14N2O4S2. The van der Waals surface area contributed by atoms with E-state index >= 15 is 0 Å². The fourth-order valence-electron chi connectivity index (χ4n) is 1.86. The molecule has 8 heteroatoms. The van der Waals surface area contributed by atoms with E-state index in [9.17, 15) is 13.2 Å².